The number of anilines is 1. The summed E-state index contributed by atoms with van der Waals surface area (Å²) in [5.41, 5.74) is 1.67. The van der Waals surface area contributed by atoms with E-state index in [0.717, 1.165) is 9.87 Å². The molecule has 0 heterocycles. The molecule has 8 nitrogen and oxygen atoms in total. The lowest BCUT2D eigenvalue weighted by atomic mass is 10.1. The number of nitrogens with one attached hydrogen (secondary N) is 1. The van der Waals surface area contributed by atoms with Crippen LogP contribution in [0.4, 0.5) is 5.69 Å². The lowest BCUT2D eigenvalue weighted by molar-refractivity contribution is -0.140. The summed E-state index contributed by atoms with van der Waals surface area (Å²) in [6.45, 7) is 6.81. The summed E-state index contributed by atoms with van der Waals surface area (Å²) in [5.74, 6) is -0.492. The second-order valence-electron chi connectivity index (χ2n) is 10.1. The van der Waals surface area contributed by atoms with Gasteiger partial charge in [-0.1, -0.05) is 60.8 Å². The fourth-order valence-electron chi connectivity index (χ4n) is 4.39. The van der Waals surface area contributed by atoms with E-state index in [4.69, 9.17) is 27.9 Å². The molecule has 0 fully saturated rings. The topological polar surface area (TPSA) is 96.0 Å². The van der Waals surface area contributed by atoms with Crippen LogP contribution in [0.2, 0.25) is 10.0 Å². The molecule has 0 saturated carbocycles. The maximum absolute atomic E-state index is 14.3. The Labute approximate surface area is 272 Å². The number of carbonyl (C=O) groups excluding carboxylic acids is 2. The number of hydrogen-bond acceptors (Lipinski definition) is 5. The molecule has 0 aliphatic carbocycles. The van der Waals surface area contributed by atoms with E-state index in [0.29, 0.717) is 37.9 Å². The minimum Gasteiger partial charge on any atom is -0.496 e. The summed E-state index contributed by atoms with van der Waals surface area (Å²) in [6, 6.07) is 15.1. The van der Waals surface area contributed by atoms with E-state index in [1.54, 1.807) is 49.4 Å². The Hall–Kier alpha value is -2.79. The highest BCUT2D eigenvalue weighted by molar-refractivity contribution is 9.10. The number of amides is 2. The maximum atomic E-state index is 14.3. The van der Waals surface area contributed by atoms with Crippen molar-refractivity contribution in [1.29, 1.82) is 0 Å². The number of benzene rings is 3. The van der Waals surface area contributed by atoms with Gasteiger partial charge >= 0.3 is 0 Å². The van der Waals surface area contributed by atoms with Gasteiger partial charge in [0.1, 0.15) is 18.3 Å². The molecular weight excluding hydrogens is 677 g/mol. The number of rotatable bonds is 13. The average molecular weight is 714 g/mol. The largest absolute Gasteiger partial charge is 0.496 e. The van der Waals surface area contributed by atoms with Gasteiger partial charge < -0.3 is 15.0 Å². The molecule has 1 N–H and O–H groups in total. The fourth-order valence-corrected chi connectivity index (χ4v) is 7.04. The first kappa shape index (κ1) is 34.7. The van der Waals surface area contributed by atoms with E-state index in [9.17, 15) is 18.0 Å². The molecule has 2 amide bonds. The predicted octanol–water partition coefficient (Wildman–Crippen LogP) is 6.99. The number of hydrogen-bond donors (Lipinski definition) is 1. The van der Waals surface area contributed by atoms with Crippen LogP contribution < -0.4 is 14.4 Å². The Kier molecular flexibility index (Phi) is 12.3. The number of aryl methyl sites for hydroxylation is 1. The molecule has 43 heavy (non-hydrogen) atoms. The first-order valence-corrected chi connectivity index (χ1v) is 16.8. The summed E-state index contributed by atoms with van der Waals surface area (Å²) in [4.78, 5) is 29.0. The SMILES string of the molecule is CCC(C)NC(=O)C(CC)N(Cc1c(Cl)cccc1Cl)C(=O)CN(c1ccc(C)cc1)S(=O)(=O)c1ccc(OC)c(Br)c1. The highest BCUT2D eigenvalue weighted by Crippen LogP contribution is 2.32. The van der Waals surface area contributed by atoms with E-state index in [2.05, 4.69) is 21.2 Å². The summed E-state index contributed by atoms with van der Waals surface area (Å²) >= 11 is 16.3. The second-order valence-corrected chi connectivity index (χ2v) is 13.6. The maximum Gasteiger partial charge on any atom is 0.264 e. The van der Waals surface area contributed by atoms with Gasteiger partial charge in [0.2, 0.25) is 11.8 Å². The van der Waals surface area contributed by atoms with Crippen LogP contribution in [0.15, 0.2) is 70.0 Å². The van der Waals surface area contributed by atoms with E-state index in [1.165, 1.54) is 30.2 Å². The molecule has 0 aliphatic heterocycles. The molecule has 0 aliphatic rings. The molecule has 3 aromatic carbocycles. The summed E-state index contributed by atoms with van der Waals surface area (Å²) in [7, 11) is -2.78. The van der Waals surface area contributed by atoms with E-state index < -0.39 is 28.5 Å². The number of halogens is 3. The van der Waals surface area contributed by atoms with Crippen molar-refractivity contribution in [3.8, 4) is 5.75 Å². The van der Waals surface area contributed by atoms with Gasteiger partial charge in [0.15, 0.2) is 0 Å². The Bertz CT molecular complexity index is 1530. The Balaban J connectivity index is 2.12. The van der Waals surface area contributed by atoms with Crippen LogP contribution in [-0.4, -0.2) is 50.9 Å². The van der Waals surface area contributed by atoms with Crippen molar-refractivity contribution in [2.75, 3.05) is 18.0 Å². The molecule has 12 heteroatoms. The molecule has 2 atom stereocenters. The van der Waals surface area contributed by atoms with E-state index in [1.807, 2.05) is 20.8 Å². The third kappa shape index (κ3) is 8.44. The normalized spacial score (nSPS) is 12.7. The predicted molar refractivity (Wildman–Crippen MR) is 175 cm³/mol. The smallest absolute Gasteiger partial charge is 0.264 e. The Morgan fingerprint density at radius 2 is 1.63 bits per heavy atom. The van der Waals surface area contributed by atoms with Crippen LogP contribution in [0.5, 0.6) is 5.75 Å². The van der Waals surface area contributed by atoms with E-state index in [-0.39, 0.29) is 29.8 Å². The minimum absolute atomic E-state index is 0.0456. The molecule has 0 bridgehead atoms. The van der Waals surface area contributed by atoms with Gasteiger partial charge in [0.05, 0.1) is 22.2 Å². The van der Waals surface area contributed by atoms with Gasteiger partial charge in [-0.05, 0) is 85.1 Å². The molecule has 0 radical (unpaired) electrons. The molecule has 3 rings (SSSR count). The molecule has 3 aromatic rings. The zero-order valence-electron chi connectivity index (χ0n) is 24.7. The number of carbonyl (C=O) groups is 2. The zero-order valence-corrected chi connectivity index (χ0v) is 28.6. The van der Waals surface area contributed by atoms with Crippen LogP contribution in [-0.2, 0) is 26.2 Å². The van der Waals surface area contributed by atoms with Gasteiger partial charge in [-0.15, -0.1) is 0 Å². The summed E-state index contributed by atoms with van der Waals surface area (Å²) in [6.07, 6.45) is 0.974. The number of nitrogens with zero attached hydrogens (tertiary/aromatic N) is 2. The van der Waals surface area contributed by atoms with Crippen LogP contribution in [0.3, 0.4) is 0 Å². The van der Waals surface area contributed by atoms with Gasteiger partial charge in [0.25, 0.3) is 10.0 Å². The Morgan fingerprint density at radius 3 is 2.16 bits per heavy atom. The quantitative estimate of drug-likeness (QED) is 0.206. The number of ether oxygens (including phenoxy) is 1. The van der Waals surface area contributed by atoms with Crippen molar-refractivity contribution in [3.63, 3.8) is 0 Å². The monoisotopic (exact) mass is 711 g/mol. The van der Waals surface area contributed by atoms with Gasteiger partial charge in [0, 0.05) is 28.2 Å². The molecular formula is C31H36BrCl2N3O5S. The molecule has 0 saturated heterocycles. The van der Waals surface area contributed by atoms with Crippen molar-refractivity contribution in [2.24, 2.45) is 0 Å². The first-order chi connectivity index (χ1) is 20.3. The number of methoxy groups -OCH3 is 1. The third-order valence-electron chi connectivity index (χ3n) is 7.09. The summed E-state index contributed by atoms with van der Waals surface area (Å²) < 4.78 is 35.0. The van der Waals surface area contributed by atoms with Crippen LogP contribution in [0, 0.1) is 6.92 Å². The van der Waals surface area contributed by atoms with Crippen molar-refractivity contribution in [2.45, 2.75) is 64.1 Å². The lowest BCUT2D eigenvalue weighted by Gasteiger charge is -2.34. The second kappa shape index (κ2) is 15.3. The number of sulfonamides is 1. The van der Waals surface area contributed by atoms with E-state index >= 15 is 0 Å². The molecule has 2 unspecified atom stereocenters. The zero-order chi connectivity index (χ0) is 31.9. The standard InChI is InChI=1S/C31H36BrCl2N3O5S/c1-6-21(4)35-31(39)28(7-2)36(18-24-26(33)9-8-10-27(24)34)30(38)19-37(22-13-11-20(3)12-14-22)43(40,41)23-15-16-29(42-5)25(32)17-23/h8-17,21,28H,6-7,18-19H2,1-5H3,(H,35,39). The van der Waals surface area contributed by atoms with Crippen molar-refractivity contribution < 1.29 is 22.7 Å². The van der Waals surface area contributed by atoms with Crippen molar-refractivity contribution in [1.82, 2.24) is 10.2 Å². The van der Waals surface area contributed by atoms with Gasteiger partial charge in [-0.3, -0.25) is 13.9 Å². The van der Waals surface area contributed by atoms with Gasteiger partial charge in [-0.25, -0.2) is 8.42 Å². The fraction of sp³-hybridized carbons (Fsp3) is 0.355. The minimum atomic E-state index is -4.26. The van der Waals surface area contributed by atoms with Crippen molar-refractivity contribution >= 4 is 66.7 Å². The van der Waals surface area contributed by atoms with Crippen LogP contribution in [0.25, 0.3) is 0 Å². The molecule has 0 spiro atoms. The van der Waals surface area contributed by atoms with Crippen LogP contribution in [0.1, 0.15) is 44.7 Å². The third-order valence-corrected chi connectivity index (χ3v) is 10.2. The average Bonchev–Trinajstić information content (AvgIpc) is 2.97. The van der Waals surface area contributed by atoms with Crippen molar-refractivity contribution in [3.05, 3.63) is 86.3 Å². The van der Waals surface area contributed by atoms with Crippen LogP contribution >= 0.6 is 39.1 Å². The lowest BCUT2D eigenvalue weighted by Crippen LogP contribution is -2.53. The summed E-state index contributed by atoms with van der Waals surface area (Å²) in [5, 5.41) is 3.60. The first-order valence-electron chi connectivity index (χ1n) is 13.8. The molecule has 232 valence electrons. The van der Waals surface area contributed by atoms with Gasteiger partial charge in [-0.2, -0.15) is 0 Å². The molecule has 0 aromatic heterocycles. The highest BCUT2D eigenvalue weighted by atomic mass is 79.9. The highest BCUT2D eigenvalue weighted by Gasteiger charge is 2.34. The Morgan fingerprint density at radius 1 is 1.00 bits per heavy atom.